The Hall–Kier alpha value is -2.25. The van der Waals surface area contributed by atoms with E-state index in [1.54, 1.807) is 4.90 Å². The predicted molar refractivity (Wildman–Crippen MR) is 111 cm³/mol. The van der Waals surface area contributed by atoms with Crippen LogP contribution in [0.4, 0.5) is 0 Å². The molecule has 7 heteroatoms. The summed E-state index contributed by atoms with van der Waals surface area (Å²) in [4.78, 5) is 38.6. The highest BCUT2D eigenvalue weighted by atomic mass is 16.2. The zero-order valence-electron chi connectivity index (χ0n) is 17.3. The number of hydrogen-bond acceptors (Lipinski definition) is 5. The Balaban J connectivity index is 1.32. The molecule has 2 bridgehead atoms. The summed E-state index contributed by atoms with van der Waals surface area (Å²) < 4.78 is 0. The second kappa shape index (κ2) is 7.46. The SMILES string of the molecule is NCC(NCc1cccc2c1C(=O)N(C1CCC(=O)NC1=O)C2)C12CCC(CC1)C2. The van der Waals surface area contributed by atoms with E-state index in [2.05, 4.69) is 10.6 Å². The van der Waals surface area contributed by atoms with Crippen LogP contribution in [0, 0.1) is 11.3 Å². The number of amides is 3. The average molecular weight is 411 g/mol. The Labute approximate surface area is 176 Å². The summed E-state index contributed by atoms with van der Waals surface area (Å²) in [5.74, 6) is 0.122. The largest absolute Gasteiger partial charge is 0.329 e. The minimum Gasteiger partial charge on any atom is -0.329 e. The molecule has 0 radical (unpaired) electrons. The number of hydrogen-bond donors (Lipinski definition) is 3. The highest BCUT2D eigenvalue weighted by molar-refractivity contribution is 6.05. The van der Waals surface area contributed by atoms with Crippen molar-refractivity contribution in [2.75, 3.05) is 6.54 Å². The second-order valence-electron chi connectivity index (χ2n) is 9.53. The molecule has 160 valence electrons. The van der Waals surface area contributed by atoms with Crippen molar-refractivity contribution in [3.63, 3.8) is 0 Å². The van der Waals surface area contributed by atoms with Gasteiger partial charge in [-0.3, -0.25) is 19.7 Å². The van der Waals surface area contributed by atoms with Crippen molar-refractivity contribution >= 4 is 17.7 Å². The Kier molecular flexibility index (Phi) is 4.90. The first-order chi connectivity index (χ1) is 14.5. The molecule has 3 fully saturated rings. The van der Waals surface area contributed by atoms with Gasteiger partial charge in [0.2, 0.25) is 11.8 Å². The van der Waals surface area contributed by atoms with Crippen molar-refractivity contribution in [3.8, 4) is 0 Å². The summed E-state index contributed by atoms with van der Waals surface area (Å²) in [5.41, 5.74) is 9.12. The van der Waals surface area contributed by atoms with Crippen LogP contribution in [0.15, 0.2) is 18.2 Å². The summed E-state index contributed by atoms with van der Waals surface area (Å²) >= 11 is 0. The lowest BCUT2D eigenvalue weighted by Gasteiger charge is -2.36. The summed E-state index contributed by atoms with van der Waals surface area (Å²) in [7, 11) is 0. The maximum Gasteiger partial charge on any atom is 0.255 e. The standard InChI is InChI=1S/C23H30N4O3/c24-11-18(23-8-6-14(10-23)7-9-23)25-12-15-2-1-3-16-13-27(22(30)20(15)16)17-4-5-19(28)26-21(17)29/h1-3,14,17-18,25H,4-13,24H2,(H,26,28,29). The molecule has 2 heterocycles. The van der Waals surface area contributed by atoms with Crippen LogP contribution in [0.3, 0.4) is 0 Å². The number of piperidine rings is 1. The van der Waals surface area contributed by atoms with Gasteiger partial charge in [-0.25, -0.2) is 0 Å². The van der Waals surface area contributed by atoms with Gasteiger partial charge in [0, 0.05) is 37.7 Å². The van der Waals surface area contributed by atoms with Crippen LogP contribution >= 0.6 is 0 Å². The zero-order chi connectivity index (χ0) is 20.9. The Morgan fingerprint density at radius 1 is 1.20 bits per heavy atom. The van der Waals surface area contributed by atoms with Gasteiger partial charge in [0.1, 0.15) is 6.04 Å². The average Bonchev–Trinajstić information content (AvgIpc) is 3.43. The molecular weight excluding hydrogens is 380 g/mol. The van der Waals surface area contributed by atoms with E-state index >= 15 is 0 Å². The van der Waals surface area contributed by atoms with Crippen LogP contribution in [-0.2, 0) is 22.7 Å². The van der Waals surface area contributed by atoms with E-state index in [-0.39, 0.29) is 30.2 Å². The van der Waals surface area contributed by atoms with Crippen LogP contribution in [0.5, 0.6) is 0 Å². The molecule has 2 unspecified atom stereocenters. The smallest absolute Gasteiger partial charge is 0.255 e. The number of nitrogens with zero attached hydrogens (tertiary/aromatic N) is 1. The molecule has 2 aliphatic carbocycles. The molecule has 2 saturated carbocycles. The Morgan fingerprint density at radius 2 is 2.00 bits per heavy atom. The number of nitrogens with two attached hydrogens (primary N) is 1. The molecule has 5 rings (SSSR count). The van der Waals surface area contributed by atoms with E-state index in [9.17, 15) is 14.4 Å². The topological polar surface area (TPSA) is 105 Å². The van der Waals surface area contributed by atoms with Crippen LogP contribution in [0.25, 0.3) is 0 Å². The molecule has 1 aromatic rings. The minimum atomic E-state index is -0.576. The van der Waals surface area contributed by atoms with Gasteiger partial charge >= 0.3 is 0 Å². The first-order valence-corrected chi connectivity index (χ1v) is 11.2. The van der Waals surface area contributed by atoms with Gasteiger partial charge in [-0.2, -0.15) is 0 Å². The van der Waals surface area contributed by atoms with E-state index in [0.717, 1.165) is 17.0 Å². The third kappa shape index (κ3) is 3.15. The molecule has 0 aromatic heterocycles. The van der Waals surface area contributed by atoms with Gasteiger partial charge in [0.15, 0.2) is 0 Å². The van der Waals surface area contributed by atoms with Gasteiger partial charge < -0.3 is 16.0 Å². The molecule has 4 N–H and O–H groups in total. The maximum absolute atomic E-state index is 13.2. The minimum absolute atomic E-state index is 0.110. The van der Waals surface area contributed by atoms with Crippen molar-refractivity contribution in [1.82, 2.24) is 15.5 Å². The highest BCUT2D eigenvalue weighted by Gasteiger charge is 2.49. The summed E-state index contributed by atoms with van der Waals surface area (Å²) in [5, 5.41) is 6.05. The van der Waals surface area contributed by atoms with E-state index in [1.807, 2.05) is 18.2 Å². The number of rotatable bonds is 6. The molecule has 3 amide bonds. The highest BCUT2D eigenvalue weighted by Crippen LogP contribution is 2.55. The summed E-state index contributed by atoms with van der Waals surface area (Å²) in [6.07, 6.45) is 7.07. The van der Waals surface area contributed by atoms with Crippen molar-refractivity contribution in [1.29, 1.82) is 0 Å². The van der Waals surface area contributed by atoms with Crippen LogP contribution < -0.4 is 16.4 Å². The third-order valence-corrected chi connectivity index (χ3v) is 7.95. The van der Waals surface area contributed by atoms with E-state index in [0.29, 0.717) is 37.0 Å². The quantitative estimate of drug-likeness (QED) is 0.616. The number of benzene rings is 1. The fourth-order valence-corrected chi connectivity index (χ4v) is 6.35. The van der Waals surface area contributed by atoms with Gasteiger partial charge in [-0.1, -0.05) is 18.2 Å². The first-order valence-electron chi connectivity index (χ1n) is 11.2. The predicted octanol–water partition coefficient (Wildman–Crippen LogP) is 1.44. The number of carbonyl (C=O) groups excluding carboxylic acids is 3. The van der Waals surface area contributed by atoms with Crippen LogP contribution in [-0.4, -0.2) is 41.2 Å². The summed E-state index contributed by atoms with van der Waals surface area (Å²) in [6, 6.07) is 5.63. The van der Waals surface area contributed by atoms with Gasteiger partial charge in [0.25, 0.3) is 5.91 Å². The lowest BCUT2D eigenvalue weighted by atomic mass is 9.77. The Morgan fingerprint density at radius 3 is 2.67 bits per heavy atom. The molecule has 1 aromatic carbocycles. The molecule has 2 atom stereocenters. The van der Waals surface area contributed by atoms with Crippen molar-refractivity contribution in [3.05, 3.63) is 34.9 Å². The fourth-order valence-electron chi connectivity index (χ4n) is 6.35. The number of imide groups is 1. The Bertz CT molecular complexity index is 890. The maximum atomic E-state index is 13.2. The van der Waals surface area contributed by atoms with Crippen molar-refractivity contribution < 1.29 is 14.4 Å². The van der Waals surface area contributed by atoms with Gasteiger partial charge in [-0.05, 0) is 61.0 Å². The zero-order valence-corrected chi connectivity index (χ0v) is 17.3. The molecule has 2 aliphatic heterocycles. The van der Waals surface area contributed by atoms with E-state index in [1.165, 1.54) is 32.1 Å². The molecular formula is C23H30N4O3. The van der Waals surface area contributed by atoms with Crippen molar-refractivity contribution in [2.24, 2.45) is 17.1 Å². The molecule has 4 aliphatic rings. The third-order valence-electron chi connectivity index (χ3n) is 7.95. The molecule has 1 saturated heterocycles. The van der Waals surface area contributed by atoms with E-state index < -0.39 is 6.04 Å². The van der Waals surface area contributed by atoms with Crippen molar-refractivity contribution in [2.45, 2.75) is 70.1 Å². The van der Waals surface area contributed by atoms with E-state index in [4.69, 9.17) is 5.73 Å². The molecule has 0 spiro atoms. The normalized spacial score (nSPS) is 31.2. The number of carbonyl (C=O) groups is 3. The second-order valence-corrected chi connectivity index (χ2v) is 9.53. The molecule has 7 nitrogen and oxygen atoms in total. The number of fused-ring (bicyclic) bond motifs is 3. The first kappa shape index (κ1) is 19.7. The van der Waals surface area contributed by atoms with Crippen LogP contribution in [0.2, 0.25) is 0 Å². The number of nitrogens with one attached hydrogen (secondary N) is 2. The fraction of sp³-hybridized carbons (Fsp3) is 0.609. The van der Waals surface area contributed by atoms with Gasteiger partial charge in [0.05, 0.1) is 0 Å². The molecule has 30 heavy (non-hydrogen) atoms. The summed E-state index contributed by atoms with van der Waals surface area (Å²) in [6.45, 7) is 1.63. The van der Waals surface area contributed by atoms with Gasteiger partial charge in [-0.15, -0.1) is 0 Å². The monoisotopic (exact) mass is 410 g/mol. The lowest BCUT2D eigenvalue weighted by molar-refractivity contribution is -0.136. The van der Waals surface area contributed by atoms with Crippen LogP contribution in [0.1, 0.15) is 66.4 Å². The lowest BCUT2D eigenvalue weighted by Crippen LogP contribution is -2.52.